The Balaban J connectivity index is 2.27. The van der Waals surface area contributed by atoms with Crippen LogP contribution in [0.15, 0.2) is 47.6 Å². The largest absolute Gasteiger partial charge is 0.496 e. The van der Waals surface area contributed by atoms with Gasteiger partial charge in [0.05, 0.1) is 12.0 Å². The smallest absolute Gasteiger partial charge is 0.264 e. The van der Waals surface area contributed by atoms with Crippen LogP contribution in [0.25, 0.3) is 5.57 Å². The van der Waals surface area contributed by atoms with E-state index in [1.165, 1.54) is 19.3 Å². The summed E-state index contributed by atoms with van der Waals surface area (Å²) in [4.78, 5) is 16.1. The second-order valence-corrected chi connectivity index (χ2v) is 7.20. The topological polar surface area (TPSA) is 85.4 Å². The molecule has 0 aliphatic heterocycles. The van der Waals surface area contributed by atoms with E-state index in [2.05, 4.69) is 9.71 Å². The van der Waals surface area contributed by atoms with E-state index in [1.54, 1.807) is 51.4 Å². The van der Waals surface area contributed by atoms with Gasteiger partial charge < -0.3 is 4.74 Å². The number of aromatic nitrogens is 1. The summed E-state index contributed by atoms with van der Waals surface area (Å²) < 4.78 is 32.3. The maximum Gasteiger partial charge on any atom is 0.264 e. The first-order valence-electron chi connectivity index (χ1n) is 7.56. The van der Waals surface area contributed by atoms with Crippen LogP contribution in [0.4, 0.5) is 0 Å². The Morgan fingerprint density at radius 1 is 1.12 bits per heavy atom. The second kappa shape index (κ2) is 7.48. The number of benzene rings is 1. The molecule has 1 heterocycles. The highest BCUT2D eigenvalue weighted by molar-refractivity contribution is 7.90. The molecule has 0 radical (unpaired) electrons. The van der Waals surface area contributed by atoms with Crippen molar-refractivity contribution in [2.24, 2.45) is 0 Å². The molecule has 132 valence electrons. The van der Waals surface area contributed by atoms with Gasteiger partial charge >= 0.3 is 0 Å². The van der Waals surface area contributed by atoms with Gasteiger partial charge in [0.25, 0.3) is 15.9 Å². The molecule has 1 N–H and O–H groups in total. The summed E-state index contributed by atoms with van der Waals surface area (Å²) in [6.45, 7) is 5.17. The summed E-state index contributed by atoms with van der Waals surface area (Å²) in [5.74, 6) is -0.113. The molecule has 0 unspecified atom stereocenters. The summed E-state index contributed by atoms with van der Waals surface area (Å²) in [7, 11) is -2.46. The molecule has 1 amide bonds. The number of amides is 1. The van der Waals surface area contributed by atoms with Crippen molar-refractivity contribution in [1.29, 1.82) is 0 Å². The first kappa shape index (κ1) is 18.7. The summed E-state index contributed by atoms with van der Waals surface area (Å²) in [6.07, 6.45) is 4.45. The maximum absolute atomic E-state index is 12.5. The number of rotatable bonds is 5. The number of allylic oxidation sites excluding steroid dienone is 1. The van der Waals surface area contributed by atoms with Crippen LogP contribution < -0.4 is 9.46 Å². The van der Waals surface area contributed by atoms with Crippen molar-refractivity contribution in [3.8, 4) is 5.75 Å². The third-order valence-corrected chi connectivity index (χ3v) is 5.41. The van der Waals surface area contributed by atoms with Crippen LogP contribution in [0.3, 0.4) is 0 Å². The average molecular weight is 360 g/mol. The lowest BCUT2D eigenvalue weighted by atomic mass is 10.1. The lowest BCUT2D eigenvalue weighted by molar-refractivity contribution is -0.114. The molecule has 6 nitrogen and oxygen atoms in total. The Morgan fingerprint density at radius 2 is 1.76 bits per heavy atom. The normalized spacial score (nSPS) is 11.9. The number of nitrogens with one attached hydrogen (secondary N) is 1. The number of carbonyl (C=O) groups excluding carboxylic acids is 1. The predicted molar refractivity (Wildman–Crippen MR) is 95.7 cm³/mol. The molecule has 0 atom stereocenters. The van der Waals surface area contributed by atoms with Crippen LogP contribution in [-0.2, 0) is 14.8 Å². The minimum Gasteiger partial charge on any atom is -0.496 e. The summed E-state index contributed by atoms with van der Waals surface area (Å²) in [6, 6.07) is 6.48. The second-order valence-electron chi connectivity index (χ2n) is 5.55. The predicted octanol–water partition coefficient (Wildman–Crippen LogP) is 2.62. The molecule has 7 heteroatoms. The van der Waals surface area contributed by atoms with E-state index in [-0.39, 0.29) is 4.90 Å². The third kappa shape index (κ3) is 4.24. The van der Waals surface area contributed by atoms with Gasteiger partial charge in [0.1, 0.15) is 5.75 Å². The van der Waals surface area contributed by atoms with Crippen molar-refractivity contribution in [3.05, 3.63) is 59.4 Å². The van der Waals surface area contributed by atoms with Crippen LogP contribution in [0.1, 0.15) is 23.6 Å². The molecular formula is C18H20N2O4S. The first-order chi connectivity index (χ1) is 11.8. The van der Waals surface area contributed by atoms with Crippen molar-refractivity contribution in [1.82, 2.24) is 9.71 Å². The summed E-state index contributed by atoms with van der Waals surface area (Å²) in [5, 5.41) is 0. The van der Waals surface area contributed by atoms with Gasteiger partial charge in [-0.05, 0) is 67.3 Å². The quantitative estimate of drug-likeness (QED) is 0.829. The zero-order valence-corrected chi connectivity index (χ0v) is 15.3. The molecule has 0 aliphatic rings. The molecule has 0 bridgehead atoms. The van der Waals surface area contributed by atoms with E-state index in [0.717, 1.165) is 5.56 Å². The standard InChI is InChI=1S/C18H20N2O4S/c1-12(15-7-9-19-10-8-15)11-18(21)20-25(22,23)17-6-5-16(24-4)13(2)14(17)3/h5-11H,1-4H3,(H,20,21)/b12-11-. The Hall–Kier alpha value is -2.67. The fourth-order valence-electron chi connectivity index (χ4n) is 2.39. The van der Waals surface area contributed by atoms with E-state index in [4.69, 9.17) is 4.74 Å². The molecule has 2 aromatic rings. The minimum atomic E-state index is -3.98. The number of sulfonamides is 1. The first-order valence-corrected chi connectivity index (χ1v) is 9.04. The molecule has 0 saturated heterocycles. The fraction of sp³-hybridized carbons (Fsp3) is 0.222. The van der Waals surface area contributed by atoms with Gasteiger partial charge in [0.15, 0.2) is 0 Å². The molecule has 0 saturated carbocycles. The fourth-order valence-corrected chi connectivity index (χ4v) is 3.63. The van der Waals surface area contributed by atoms with Crippen molar-refractivity contribution in [2.45, 2.75) is 25.7 Å². The highest BCUT2D eigenvalue weighted by Gasteiger charge is 2.21. The van der Waals surface area contributed by atoms with Crippen LogP contribution in [0, 0.1) is 13.8 Å². The maximum atomic E-state index is 12.5. The molecule has 1 aromatic carbocycles. The zero-order chi connectivity index (χ0) is 18.6. The van der Waals surface area contributed by atoms with E-state index >= 15 is 0 Å². The molecule has 25 heavy (non-hydrogen) atoms. The van der Waals surface area contributed by atoms with Gasteiger partial charge in [0, 0.05) is 18.5 Å². The van der Waals surface area contributed by atoms with E-state index in [9.17, 15) is 13.2 Å². The Kier molecular flexibility index (Phi) is 5.58. The SMILES string of the molecule is COc1ccc(S(=O)(=O)NC(=O)/C=C(/C)c2ccncc2)c(C)c1C. The van der Waals surface area contributed by atoms with Gasteiger partial charge in [-0.25, -0.2) is 13.1 Å². The average Bonchev–Trinajstić information content (AvgIpc) is 2.57. The van der Waals surface area contributed by atoms with Crippen LogP contribution in [-0.4, -0.2) is 26.4 Å². The van der Waals surface area contributed by atoms with Crippen molar-refractivity contribution in [3.63, 3.8) is 0 Å². The number of hydrogen-bond acceptors (Lipinski definition) is 5. The zero-order valence-electron chi connectivity index (χ0n) is 14.5. The van der Waals surface area contributed by atoms with Crippen molar-refractivity contribution >= 4 is 21.5 Å². The van der Waals surface area contributed by atoms with Gasteiger partial charge in [-0.1, -0.05) is 0 Å². The van der Waals surface area contributed by atoms with Gasteiger partial charge in [-0.3, -0.25) is 9.78 Å². The lowest BCUT2D eigenvalue weighted by Gasteiger charge is -2.13. The number of hydrogen-bond donors (Lipinski definition) is 1. The van der Waals surface area contributed by atoms with Crippen LogP contribution >= 0.6 is 0 Å². The van der Waals surface area contributed by atoms with E-state index in [0.29, 0.717) is 22.4 Å². The highest BCUT2D eigenvalue weighted by Crippen LogP contribution is 2.26. The molecule has 0 aliphatic carbocycles. The number of pyridine rings is 1. The van der Waals surface area contributed by atoms with Crippen molar-refractivity contribution < 1.29 is 17.9 Å². The van der Waals surface area contributed by atoms with Crippen molar-refractivity contribution in [2.75, 3.05) is 7.11 Å². The van der Waals surface area contributed by atoms with Crippen LogP contribution in [0.2, 0.25) is 0 Å². The Bertz CT molecular complexity index is 920. The van der Waals surface area contributed by atoms with E-state index in [1.807, 2.05) is 0 Å². The highest BCUT2D eigenvalue weighted by atomic mass is 32.2. The lowest BCUT2D eigenvalue weighted by Crippen LogP contribution is -2.30. The summed E-state index contributed by atoms with van der Waals surface area (Å²) >= 11 is 0. The number of methoxy groups -OCH3 is 1. The Labute approximate surface area is 147 Å². The molecule has 0 spiro atoms. The van der Waals surface area contributed by atoms with E-state index < -0.39 is 15.9 Å². The molecule has 0 fully saturated rings. The number of carbonyl (C=O) groups is 1. The number of ether oxygens (including phenoxy) is 1. The van der Waals surface area contributed by atoms with Gasteiger partial charge in [-0.15, -0.1) is 0 Å². The number of nitrogens with zero attached hydrogens (tertiary/aromatic N) is 1. The molecular weight excluding hydrogens is 340 g/mol. The monoisotopic (exact) mass is 360 g/mol. The third-order valence-electron chi connectivity index (χ3n) is 3.92. The minimum absolute atomic E-state index is 0.0501. The van der Waals surface area contributed by atoms with Crippen LogP contribution in [0.5, 0.6) is 5.75 Å². The van der Waals surface area contributed by atoms with Gasteiger partial charge in [0.2, 0.25) is 0 Å². The summed E-state index contributed by atoms with van der Waals surface area (Å²) in [5.41, 5.74) is 2.67. The van der Waals surface area contributed by atoms with Gasteiger partial charge in [-0.2, -0.15) is 0 Å². The molecule has 1 aromatic heterocycles. The molecule has 2 rings (SSSR count). The Morgan fingerprint density at radius 3 is 2.36 bits per heavy atom.